The minimum atomic E-state index is -1.21. The maximum atomic E-state index is 9.29. The molecule has 0 bridgehead atoms. The van der Waals surface area contributed by atoms with Crippen molar-refractivity contribution in [2.75, 3.05) is 0 Å². The van der Waals surface area contributed by atoms with Gasteiger partial charge in [0.25, 0.3) is 0 Å². The minimum absolute atomic E-state index is 0. The van der Waals surface area contributed by atoms with Gasteiger partial charge in [-0.2, -0.15) is 9.78 Å². The molecule has 1 fully saturated rings. The molecule has 0 radical (unpaired) electrons. The Bertz CT molecular complexity index is 244. The van der Waals surface area contributed by atoms with Crippen LogP contribution >= 0.6 is 0 Å². The molecule has 5 heteroatoms. The van der Waals surface area contributed by atoms with Crippen LogP contribution in [0.5, 0.6) is 0 Å². The zero-order valence-electron chi connectivity index (χ0n) is 16.4. The van der Waals surface area contributed by atoms with E-state index in [1.54, 1.807) is 0 Å². The SMILES string of the molecule is CCCCCCCCCCCCCCCCCC1(O)OO1.[H-].[Li+].[Ni]. The van der Waals surface area contributed by atoms with Gasteiger partial charge in [0.05, 0.1) is 0 Å². The summed E-state index contributed by atoms with van der Waals surface area (Å²) in [5.74, 6) is -1.21. The van der Waals surface area contributed by atoms with Crippen LogP contribution in [0.2, 0.25) is 0 Å². The Morgan fingerprint density at radius 3 is 1.26 bits per heavy atom. The molecule has 0 atom stereocenters. The summed E-state index contributed by atoms with van der Waals surface area (Å²) >= 11 is 0. The third kappa shape index (κ3) is 17.6. The summed E-state index contributed by atoms with van der Waals surface area (Å²) < 4.78 is 0. The van der Waals surface area contributed by atoms with Crippen LogP contribution in [-0.4, -0.2) is 11.1 Å². The molecular weight excluding hydrogens is 330 g/mol. The van der Waals surface area contributed by atoms with Gasteiger partial charge in [-0.05, 0) is 6.42 Å². The van der Waals surface area contributed by atoms with Gasteiger partial charge in [0.1, 0.15) is 0 Å². The fourth-order valence-electron chi connectivity index (χ4n) is 2.85. The van der Waals surface area contributed by atoms with E-state index in [1.165, 1.54) is 89.9 Å². The minimum Gasteiger partial charge on any atom is -1.00 e. The van der Waals surface area contributed by atoms with Crippen LogP contribution in [0.1, 0.15) is 111 Å². The van der Waals surface area contributed by atoms with Gasteiger partial charge in [0, 0.05) is 22.9 Å². The number of unbranched alkanes of at least 4 members (excludes halogenated alkanes) is 14. The molecule has 1 N–H and O–H groups in total. The normalized spacial score (nSPS) is 14.9. The fourth-order valence-corrected chi connectivity index (χ4v) is 2.85. The molecule has 1 saturated heterocycles. The van der Waals surface area contributed by atoms with Crippen LogP contribution in [0.4, 0.5) is 0 Å². The molecule has 1 aliphatic heterocycles. The molecule has 0 aromatic carbocycles. The van der Waals surface area contributed by atoms with Crippen molar-refractivity contribution in [1.82, 2.24) is 0 Å². The van der Waals surface area contributed by atoms with Crippen molar-refractivity contribution < 1.29 is 51.7 Å². The molecule has 0 unspecified atom stereocenters. The molecule has 1 aliphatic rings. The van der Waals surface area contributed by atoms with Gasteiger partial charge in [-0.25, -0.2) is 0 Å². The Hall–Kier alpha value is 0.971. The summed E-state index contributed by atoms with van der Waals surface area (Å²) in [4.78, 5) is 8.94. The van der Waals surface area contributed by atoms with Gasteiger partial charge in [-0.3, -0.25) is 0 Å². The first-order valence-corrected chi connectivity index (χ1v) is 9.36. The summed E-state index contributed by atoms with van der Waals surface area (Å²) in [7, 11) is 0. The average molecular weight is 367 g/mol. The predicted octanol–water partition coefficient (Wildman–Crippen LogP) is 2.97. The second-order valence-corrected chi connectivity index (χ2v) is 6.58. The number of aliphatic hydroxyl groups is 1. The van der Waals surface area contributed by atoms with Crippen LogP contribution in [0.25, 0.3) is 0 Å². The van der Waals surface area contributed by atoms with E-state index in [-0.39, 0.29) is 36.8 Å². The molecule has 0 amide bonds. The van der Waals surface area contributed by atoms with Crippen molar-refractivity contribution in [3.63, 3.8) is 0 Å². The van der Waals surface area contributed by atoms with Crippen molar-refractivity contribution in [1.29, 1.82) is 0 Å². The third-order valence-corrected chi connectivity index (χ3v) is 4.37. The Morgan fingerprint density at radius 1 is 0.652 bits per heavy atom. The van der Waals surface area contributed by atoms with Crippen molar-refractivity contribution >= 4 is 0 Å². The van der Waals surface area contributed by atoms with Gasteiger partial charge >= 0.3 is 24.8 Å². The van der Waals surface area contributed by atoms with Crippen molar-refractivity contribution in [2.45, 2.75) is 116 Å². The van der Waals surface area contributed by atoms with E-state index < -0.39 is 5.97 Å². The second kappa shape index (κ2) is 17.8. The van der Waals surface area contributed by atoms with Gasteiger partial charge in [-0.1, -0.05) is 96.8 Å². The standard InChI is InChI=1S/C18H36O3.Li.Ni.H/c1-2-3-4-5-6-7-8-9-10-11-12-13-14-15-16-17-18(19)20-21-18;;;/h19H,2-17H2,1H3;;;/q;+1;;-1. The zero-order valence-corrected chi connectivity index (χ0v) is 16.4. The Kier molecular flexibility index (Phi) is 20.3. The molecule has 0 aromatic heterocycles. The average Bonchev–Trinajstić information content (AvgIpc) is 3.21. The first-order chi connectivity index (χ1) is 10.3. The summed E-state index contributed by atoms with van der Waals surface area (Å²) in [6.07, 6.45) is 21.0. The van der Waals surface area contributed by atoms with Crippen LogP contribution in [-0.2, 0) is 26.3 Å². The van der Waals surface area contributed by atoms with E-state index in [0.29, 0.717) is 6.42 Å². The van der Waals surface area contributed by atoms with Crippen LogP contribution in [0.3, 0.4) is 0 Å². The first-order valence-electron chi connectivity index (χ1n) is 9.36. The zero-order chi connectivity index (χ0) is 15.2. The van der Waals surface area contributed by atoms with Crippen molar-refractivity contribution in [2.24, 2.45) is 0 Å². The second-order valence-electron chi connectivity index (χ2n) is 6.58. The molecule has 0 saturated carbocycles. The molecular formula is C18H37LiNiO3. The molecule has 1 heterocycles. The molecule has 23 heavy (non-hydrogen) atoms. The van der Waals surface area contributed by atoms with E-state index in [2.05, 4.69) is 16.7 Å². The van der Waals surface area contributed by atoms with E-state index in [4.69, 9.17) is 0 Å². The smallest absolute Gasteiger partial charge is 1.00 e. The third-order valence-electron chi connectivity index (χ3n) is 4.37. The summed E-state index contributed by atoms with van der Waals surface area (Å²) in [6, 6.07) is 0. The van der Waals surface area contributed by atoms with Gasteiger partial charge in [0.2, 0.25) is 0 Å². The topological polar surface area (TPSA) is 45.3 Å². The molecule has 0 spiro atoms. The van der Waals surface area contributed by atoms with Gasteiger partial charge in [-0.15, -0.1) is 0 Å². The maximum Gasteiger partial charge on any atom is 1.00 e. The quantitative estimate of drug-likeness (QED) is 0.198. The molecule has 0 aliphatic carbocycles. The largest absolute Gasteiger partial charge is 1.00 e. The maximum absolute atomic E-state index is 9.29. The Balaban J connectivity index is -0.00000147. The molecule has 1 rings (SSSR count). The Labute approximate surface area is 167 Å². The monoisotopic (exact) mass is 366 g/mol. The van der Waals surface area contributed by atoms with Crippen molar-refractivity contribution in [3.05, 3.63) is 0 Å². The molecule has 138 valence electrons. The fraction of sp³-hybridized carbons (Fsp3) is 1.00. The first kappa shape index (κ1) is 26.2. The van der Waals surface area contributed by atoms with Gasteiger partial charge in [0.15, 0.2) is 0 Å². The molecule has 0 aromatic rings. The number of hydrogen-bond acceptors (Lipinski definition) is 3. The number of rotatable bonds is 16. The summed E-state index contributed by atoms with van der Waals surface area (Å²) in [5.41, 5.74) is 0. The summed E-state index contributed by atoms with van der Waals surface area (Å²) in [6.45, 7) is 2.28. The van der Waals surface area contributed by atoms with Gasteiger partial charge < -0.3 is 6.53 Å². The predicted molar refractivity (Wildman–Crippen MR) is 87.8 cm³/mol. The van der Waals surface area contributed by atoms with Crippen molar-refractivity contribution in [3.8, 4) is 0 Å². The number of hydrogen-bond donors (Lipinski definition) is 1. The van der Waals surface area contributed by atoms with E-state index in [0.717, 1.165) is 6.42 Å². The van der Waals surface area contributed by atoms with Crippen LogP contribution in [0.15, 0.2) is 0 Å². The van der Waals surface area contributed by atoms with E-state index in [9.17, 15) is 5.11 Å². The molecule has 3 nitrogen and oxygen atoms in total. The van der Waals surface area contributed by atoms with Crippen LogP contribution < -0.4 is 18.9 Å². The van der Waals surface area contributed by atoms with Crippen LogP contribution in [0, 0.1) is 0 Å². The van der Waals surface area contributed by atoms with E-state index in [1.807, 2.05) is 0 Å². The summed E-state index contributed by atoms with van der Waals surface area (Å²) in [5, 5.41) is 9.29. The van der Waals surface area contributed by atoms with E-state index >= 15 is 0 Å². The Morgan fingerprint density at radius 2 is 0.957 bits per heavy atom.